The van der Waals surface area contributed by atoms with Gasteiger partial charge in [-0.15, -0.1) is 0 Å². The largest absolute Gasteiger partial charge is 0.336 e. The molecule has 6 bridgehead atoms. The van der Waals surface area contributed by atoms with Crippen LogP contribution in [0.1, 0.15) is 27.9 Å². The van der Waals surface area contributed by atoms with E-state index in [9.17, 15) is 4.79 Å². The topological polar surface area (TPSA) is 65.8 Å². The molecule has 0 aliphatic heterocycles. The van der Waals surface area contributed by atoms with E-state index in [4.69, 9.17) is 17.3 Å². The van der Waals surface area contributed by atoms with Crippen molar-refractivity contribution in [1.29, 1.82) is 0 Å². The van der Waals surface area contributed by atoms with Crippen LogP contribution in [0.25, 0.3) is 22.0 Å². The number of aromatic nitrogens is 3. The molecule has 1 aliphatic rings. The third-order valence-electron chi connectivity index (χ3n) is 7.34. The number of nitrogens with two attached hydrogens (primary N) is 1. The monoisotopic (exact) mass is 480 g/mol. The average Bonchev–Trinajstić information content (AvgIpc) is 3.31. The normalized spacial score (nSPS) is 17.1. The Balaban J connectivity index is 1.77. The van der Waals surface area contributed by atoms with Gasteiger partial charge in [0.2, 0.25) is 0 Å². The number of benzene rings is 3. The molecule has 0 saturated heterocycles. The quantitative estimate of drug-likeness (QED) is 0.369. The minimum Gasteiger partial charge on any atom is -0.336 e. The Morgan fingerprint density at radius 1 is 0.971 bits per heavy atom. The third kappa shape index (κ3) is 3.34. The zero-order valence-electron chi connectivity index (χ0n) is 19.6. The molecule has 0 amide bonds. The van der Waals surface area contributed by atoms with Crippen LogP contribution in [0, 0.1) is 0 Å². The van der Waals surface area contributed by atoms with Crippen molar-refractivity contribution >= 4 is 22.5 Å². The lowest BCUT2D eigenvalue weighted by Crippen LogP contribution is -2.41. The number of imidazole rings is 1. The van der Waals surface area contributed by atoms with Crippen molar-refractivity contribution in [2.45, 2.75) is 18.4 Å². The van der Waals surface area contributed by atoms with Crippen LogP contribution in [0.3, 0.4) is 0 Å². The SMILES string of the molecule is Cn1cncc1[C@@]1(N)c2ccc(Cl)c(c2)CCc2cccc(c2)-c2cc(=O)n(C)c3ccc1cc23. The smallest absolute Gasteiger partial charge is 0.251 e. The Hall–Kier alpha value is -3.67. The predicted octanol–water partition coefficient (Wildman–Crippen LogP) is 4.94. The predicted molar refractivity (Wildman–Crippen MR) is 141 cm³/mol. The number of fused-ring (bicyclic) bond motifs is 6. The van der Waals surface area contributed by atoms with E-state index in [0.29, 0.717) is 0 Å². The second-order valence-electron chi connectivity index (χ2n) is 9.39. The van der Waals surface area contributed by atoms with Crippen LogP contribution in [0.2, 0.25) is 5.02 Å². The maximum Gasteiger partial charge on any atom is 0.251 e. The summed E-state index contributed by atoms with van der Waals surface area (Å²) < 4.78 is 3.65. The lowest BCUT2D eigenvalue weighted by molar-refractivity contribution is 0.595. The highest BCUT2D eigenvalue weighted by atomic mass is 35.5. The van der Waals surface area contributed by atoms with E-state index in [-0.39, 0.29) is 5.56 Å². The molecule has 2 aromatic heterocycles. The van der Waals surface area contributed by atoms with Gasteiger partial charge in [-0.3, -0.25) is 4.79 Å². The van der Waals surface area contributed by atoms with Crippen molar-refractivity contribution in [2.75, 3.05) is 0 Å². The Kier molecular flexibility index (Phi) is 4.95. The molecule has 6 heteroatoms. The molecule has 0 saturated carbocycles. The summed E-state index contributed by atoms with van der Waals surface area (Å²) in [5.41, 5.74) is 14.1. The van der Waals surface area contributed by atoms with Crippen molar-refractivity contribution in [3.63, 3.8) is 0 Å². The van der Waals surface area contributed by atoms with Gasteiger partial charge < -0.3 is 14.9 Å². The van der Waals surface area contributed by atoms with E-state index in [0.717, 1.165) is 62.3 Å². The second kappa shape index (κ2) is 7.94. The van der Waals surface area contributed by atoms with Crippen LogP contribution < -0.4 is 11.3 Å². The first-order chi connectivity index (χ1) is 16.9. The molecule has 35 heavy (non-hydrogen) atoms. The molecule has 0 radical (unpaired) electrons. The number of halogens is 1. The molecule has 0 fully saturated rings. The highest BCUT2D eigenvalue weighted by Gasteiger charge is 2.35. The summed E-state index contributed by atoms with van der Waals surface area (Å²) in [4.78, 5) is 17.3. The molecule has 0 spiro atoms. The maximum atomic E-state index is 12.9. The highest BCUT2D eigenvalue weighted by molar-refractivity contribution is 6.31. The van der Waals surface area contributed by atoms with Gasteiger partial charge in [-0.1, -0.05) is 54.1 Å². The van der Waals surface area contributed by atoms with E-state index in [1.807, 2.05) is 42.1 Å². The van der Waals surface area contributed by atoms with Crippen LogP contribution in [-0.4, -0.2) is 14.1 Å². The van der Waals surface area contributed by atoms with Gasteiger partial charge in [0.25, 0.3) is 5.56 Å². The van der Waals surface area contributed by atoms with E-state index in [1.54, 1.807) is 24.0 Å². The Bertz CT molecular complexity index is 1680. The molecule has 1 aliphatic carbocycles. The van der Waals surface area contributed by atoms with E-state index >= 15 is 0 Å². The Labute approximate surface area is 208 Å². The summed E-state index contributed by atoms with van der Waals surface area (Å²) >= 11 is 6.65. The van der Waals surface area contributed by atoms with Gasteiger partial charge in [0.1, 0.15) is 5.54 Å². The van der Waals surface area contributed by atoms with Gasteiger partial charge >= 0.3 is 0 Å². The zero-order valence-corrected chi connectivity index (χ0v) is 20.4. The number of aryl methyl sites for hydroxylation is 4. The van der Waals surface area contributed by atoms with E-state index < -0.39 is 5.54 Å². The van der Waals surface area contributed by atoms with Gasteiger partial charge in [-0.25, -0.2) is 4.98 Å². The molecule has 2 N–H and O–H groups in total. The highest BCUT2D eigenvalue weighted by Crippen LogP contribution is 2.39. The minimum absolute atomic E-state index is 0.0425. The summed E-state index contributed by atoms with van der Waals surface area (Å²) in [5.74, 6) is 0. The molecule has 2 heterocycles. The molecule has 6 rings (SSSR count). The van der Waals surface area contributed by atoms with E-state index in [1.165, 1.54) is 5.56 Å². The number of nitrogens with zero attached hydrogens (tertiary/aromatic N) is 3. The Morgan fingerprint density at radius 2 is 1.77 bits per heavy atom. The lowest BCUT2D eigenvalue weighted by atomic mass is 9.79. The molecule has 5 nitrogen and oxygen atoms in total. The van der Waals surface area contributed by atoms with Crippen molar-refractivity contribution in [1.82, 2.24) is 14.1 Å². The van der Waals surface area contributed by atoms with Crippen molar-refractivity contribution in [3.05, 3.63) is 123 Å². The van der Waals surface area contributed by atoms with Gasteiger partial charge in [-0.2, -0.15) is 0 Å². The van der Waals surface area contributed by atoms with Crippen LogP contribution in [0.5, 0.6) is 0 Å². The van der Waals surface area contributed by atoms with Gasteiger partial charge in [0.15, 0.2) is 0 Å². The van der Waals surface area contributed by atoms with Crippen LogP contribution in [0.4, 0.5) is 0 Å². The van der Waals surface area contributed by atoms with E-state index in [2.05, 4.69) is 41.4 Å². The minimum atomic E-state index is -0.975. The van der Waals surface area contributed by atoms with Gasteiger partial charge in [-0.05, 0) is 64.4 Å². The van der Waals surface area contributed by atoms with Gasteiger partial charge in [0, 0.05) is 30.6 Å². The molecule has 3 aromatic carbocycles. The summed E-state index contributed by atoms with van der Waals surface area (Å²) in [5, 5.41) is 1.71. The molecule has 174 valence electrons. The number of hydrogen-bond donors (Lipinski definition) is 1. The standard InChI is InChI=1S/C29H25ClN4O/c1-33-17-32-16-27(33)29(31)21-8-10-25(30)20(13-21)7-6-18-4-3-5-19(12-18)23-15-28(35)34(2)26-11-9-22(29)14-24(23)26/h3-5,8-17H,6-7,31H2,1-2H3/t29-/m1/s1. The number of rotatable bonds is 1. The second-order valence-corrected chi connectivity index (χ2v) is 9.80. The van der Waals surface area contributed by atoms with Crippen molar-refractivity contribution in [2.24, 2.45) is 19.8 Å². The summed E-state index contributed by atoms with van der Waals surface area (Å²) in [7, 11) is 3.76. The first-order valence-corrected chi connectivity index (χ1v) is 12.0. The maximum absolute atomic E-state index is 12.9. The fourth-order valence-electron chi connectivity index (χ4n) is 5.33. The zero-order chi connectivity index (χ0) is 24.3. The fourth-order valence-corrected chi connectivity index (χ4v) is 5.54. The molecule has 0 unspecified atom stereocenters. The summed E-state index contributed by atoms with van der Waals surface area (Å²) in [6.45, 7) is 0. The molecular formula is C29H25ClN4O. The number of hydrogen-bond acceptors (Lipinski definition) is 3. The van der Waals surface area contributed by atoms with Crippen LogP contribution in [0.15, 0.2) is 84.0 Å². The number of pyridine rings is 1. The molecule has 1 atom stereocenters. The lowest BCUT2D eigenvalue weighted by Gasteiger charge is -2.32. The first kappa shape index (κ1) is 21.8. The molecular weight excluding hydrogens is 456 g/mol. The average molecular weight is 481 g/mol. The third-order valence-corrected chi connectivity index (χ3v) is 7.71. The summed E-state index contributed by atoms with van der Waals surface area (Å²) in [6.07, 6.45) is 5.19. The van der Waals surface area contributed by atoms with Crippen molar-refractivity contribution < 1.29 is 0 Å². The van der Waals surface area contributed by atoms with Crippen LogP contribution in [-0.2, 0) is 32.5 Å². The fraction of sp³-hybridized carbons (Fsp3) is 0.172. The summed E-state index contributed by atoms with van der Waals surface area (Å²) in [6, 6.07) is 22.3. The van der Waals surface area contributed by atoms with Crippen LogP contribution >= 0.6 is 11.6 Å². The molecule has 5 aromatic rings. The first-order valence-electron chi connectivity index (χ1n) is 11.6. The Morgan fingerprint density at radius 3 is 2.57 bits per heavy atom. The van der Waals surface area contributed by atoms with Crippen molar-refractivity contribution in [3.8, 4) is 11.1 Å². The van der Waals surface area contributed by atoms with Gasteiger partial charge in [0.05, 0.1) is 23.7 Å².